The molecular formula is C13H19NO. The molecule has 0 atom stereocenters. The fourth-order valence-corrected chi connectivity index (χ4v) is 1.77. The molecule has 1 N–H and O–H groups in total. The van der Waals surface area contributed by atoms with Crippen LogP contribution >= 0.6 is 0 Å². The quantitative estimate of drug-likeness (QED) is 0.796. The van der Waals surface area contributed by atoms with Gasteiger partial charge in [0, 0.05) is 6.04 Å². The molecule has 0 aromatic heterocycles. The van der Waals surface area contributed by atoms with Gasteiger partial charge >= 0.3 is 0 Å². The smallest absolute Gasteiger partial charge is 0.119 e. The van der Waals surface area contributed by atoms with Crippen molar-refractivity contribution in [3.63, 3.8) is 0 Å². The molecule has 1 aromatic carbocycles. The highest BCUT2D eigenvalue weighted by molar-refractivity contribution is 5.34. The predicted molar refractivity (Wildman–Crippen MR) is 62.5 cm³/mol. The Kier molecular flexibility index (Phi) is 3.27. The molecule has 2 rings (SSSR count). The molecule has 0 radical (unpaired) electrons. The molecule has 0 amide bonds. The van der Waals surface area contributed by atoms with Gasteiger partial charge in [0.05, 0.1) is 7.11 Å². The minimum atomic E-state index is 0.809. The summed E-state index contributed by atoms with van der Waals surface area (Å²) in [5.41, 5.74) is 2.75. The number of hydrogen-bond donors (Lipinski definition) is 1. The molecule has 0 saturated heterocycles. The number of hydrogen-bond acceptors (Lipinski definition) is 2. The summed E-state index contributed by atoms with van der Waals surface area (Å²) >= 11 is 0. The number of nitrogens with one attached hydrogen (secondary N) is 1. The van der Waals surface area contributed by atoms with E-state index in [1.165, 1.54) is 24.0 Å². The Balaban J connectivity index is 1.88. The van der Waals surface area contributed by atoms with Gasteiger partial charge in [0.25, 0.3) is 0 Å². The molecule has 1 aromatic rings. The third-order valence-electron chi connectivity index (χ3n) is 2.95. The highest BCUT2D eigenvalue weighted by atomic mass is 16.5. The molecule has 0 aliphatic heterocycles. The molecule has 0 heterocycles. The second-order valence-corrected chi connectivity index (χ2v) is 4.27. The largest absolute Gasteiger partial charge is 0.497 e. The van der Waals surface area contributed by atoms with Crippen molar-refractivity contribution in [2.75, 3.05) is 13.7 Å². The molecule has 0 bridgehead atoms. The van der Waals surface area contributed by atoms with Crippen molar-refractivity contribution in [3.05, 3.63) is 29.3 Å². The van der Waals surface area contributed by atoms with Gasteiger partial charge in [-0.25, -0.2) is 0 Å². The normalized spacial score (nSPS) is 15.3. The molecule has 1 aliphatic carbocycles. The summed E-state index contributed by atoms with van der Waals surface area (Å²) in [4.78, 5) is 0. The minimum absolute atomic E-state index is 0.809. The van der Waals surface area contributed by atoms with Crippen molar-refractivity contribution in [2.45, 2.75) is 32.2 Å². The van der Waals surface area contributed by atoms with Crippen molar-refractivity contribution in [3.8, 4) is 5.75 Å². The van der Waals surface area contributed by atoms with Crippen LogP contribution in [0.15, 0.2) is 18.2 Å². The lowest BCUT2D eigenvalue weighted by atomic mass is 10.1. The van der Waals surface area contributed by atoms with Crippen LogP contribution in [0.1, 0.15) is 24.0 Å². The average Bonchev–Trinajstić information content (AvgIpc) is 3.04. The number of rotatable bonds is 5. The molecule has 0 unspecified atom stereocenters. The van der Waals surface area contributed by atoms with Crippen LogP contribution in [0.5, 0.6) is 5.75 Å². The van der Waals surface area contributed by atoms with Crippen molar-refractivity contribution < 1.29 is 4.74 Å². The third kappa shape index (κ3) is 2.96. The van der Waals surface area contributed by atoms with Crippen LogP contribution < -0.4 is 10.1 Å². The maximum Gasteiger partial charge on any atom is 0.119 e. The van der Waals surface area contributed by atoms with Crippen LogP contribution in [-0.2, 0) is 6.42 Å². The number of aryl methyl sites for hydroxylation is 1. The minimum Gasteiger partial charge on any atom is -0.497 e. The first kappa shape index (κ1) is 10.5. The van der Waals surface area contributed by atoms with Gasteiger partial charge < -0.3 is 10.1 Å². The van der Waals surface area contributed by atoms with E-state index in [9.17, 15) is 0 Å². The first-order valence-corrected chi connectivity index (χ1v) is 5.66. The summed E-state index contributed by atoms with van der Waals surface area (Å²) in [6.45, 7) is 3.24. The Hall–Kier alpha value is -1.02. The molecule has 2 nitrogen and oxygen atoms in total. The molecule has 1 aliphatic rings. The summed E-state index contributed by atoms with van der Waals surface area (Å²) in [7, 11) is 1.71. The van der Waals surface area contributed by atoms with E-state index in [0.717, 1.165) is 24.8 Å². The summed E-state index contributed by atoms with van der Waals surface area (Å²) in [6, 6.07) is 7.12. The Morgan fingerprint density at radius 2 is 2.20 bits per heavy atom. The van der Waals surface area contributed by atoms with E-state index in [-0.39, 0.29) is 0 Å². The Labute approximate surface area is 91.6 Å². The molecule has 15 heavy (non-hydrogen) atoms. The lowest BCUT2D eigenvalue weighted by molar-refractivity contribution is 0.414. The van der Waals surface area contributed by atoms with Crippen LogP contribution in [0.3, 0.4) is 0 Å². The maximum absolute atomic E-state index is 5.19. The van der Waals surface area contributed by atoms with E-state index in [2.05, 4.69) is 24.4 Å². The standard InChI is InChI=1S/C13H19NO/c1-10-9-13(15-2)6-3-11(10)7-8-14-12-4-5-12/h3,6,9,12,14H,4-5,7-8H2,1-2H3. The highest BCUT2D eigenvalue weighted by Gasteiger charge is 2.19. The van der Waals surface area contributed by atoms with Crippen molar-refractivity contribution in [1.82, 2.24) is 5.32 Å². The third-order valence-corrected chi connectivity index (χ3v) is 2.95. The number of benzene rings is 1. The van der Waals surface area contributed by atoms with Gasteiger partial charge in [-0.2, -0.15) is 0 Å². The molecule has 1 fully saturated rings. The van der Waals surface area contributed by atoms with E-state index in [0.29, 0.717) is 0 Å². The van der Waals surface area contributed by atoms with Crippen LogP contribution in [0.4, 0.5) is 0 Å². The zero-order valence-corrected chi connectivity index (χ0v) is 9.55. The van der Waals surface area contributed by atoms with E-state index in [1.807, 2.05) is 6.07 Å². The van der Waals surface area contributed by atoms with E-state index >= 15 is 0 Å². The Morgan fingerprint density at radius 1 is 1.40 bits per heavy atom. The summed E-state index contributed by atoms with van der Waals surface area (Å²) in [5, 5.41) is 3.53. The first-order valence-electron chi connectivity index (χ1n) is 5.66. The predicted octanol–water partition coefficient (Wildman–Crippen LogP) is 2.30. The average molecular weight is 205 g/mol. The molecule has 82 valence electrons. The number of ether oxygens (including phenoxy) is 1. The van der Waals surface area contributed by atoms with Crippen LogP contribution in [-0.4, -0.2) is 19.7 Å². The zero-order valence-electron chi connectivity index (χ0n) is 9.55. The summed E-state index contributed by atoms with van der Waals surface area (Å²) in [6.07, 6.45) is 3.84. The van der Waals surface area contributed by atoms with E-state index in [1.54, 1.807) is 7.11 Å². The van der Waals surface area contributed by atoms with Gasteiger partial charge in [-0.1, -0.05) is 6.07 Å². The van der Waals surface area contributed by atoms with Crippen LogP contribution in [0.2, 0.25) is 0 Å². The van der Waals surface area contributed by atoms with E-state index < -0.39 is 0 Å². The second-order valence-electron chi connectivity index (χ2n) is 4.27. The molecule has 1 saturated carbocycles. The summed E-state index contributed by atoms with van der Waals surface area (Å²) < 4.78 is 5.19. The molecule has 2 heteroatoms. The Bertz CT molecular complexity index is 331. The van der Waals surface area contributed by atoms with Crippen LogP contribution in [0, 0.1) is 6.92 Å². The zero-order chi connectivity index (χ0) is 10.7. The topological polar surface area (TPSA) is 21.3 Å². The Morgan fingerprint density at radius 3 is 2.80 bits per heavy atom. The lowest BCUT2D eigenvalue weighted by Crippen LogP contribution is -2.19. The molecular weight excluding hydrogens is 186 g/mol. The van der Waals surface area contributed by atoms with Gasteiger partial charge in [0.2, 0.25) is 0 Å². The molecule has 0 spiro atoms. The van der Waals surface area contributed by atoms with Gasteiger partial charge in [-0.05, 0) is 56.0 Å². The van der Waals surface area contributed by atoms with Crippen molar-refractivity contribution in [1.29, 1.82) is 0 Å². The van der Waals surface area contributed by atoms with Crippen molar-refractivity contribution >= 4 is 0 Å². The summed E-state index contributed by atoms with van der Waals surface area (Å²) in [5.74, 6) is 0.950. The first-order chi connectivity index (χ1) is 7.29. The monoisotopic (exact) mass is 205 g/mol. The SMILES string of the molecule is COc1ccc(CCNC2CC2)c(C)c1. The maximum atomic E-state index is 5.19. The van der Waals surface area contributed by atoms with E-state index in [4.69, 9.17) is 4.74 Å². The van der Waals surface area contributed by atoms with Gasteiger partial charge in [0.15, 0.2) is 0 Å². The van der Waals surface area contributed by atoms with Gasteiger partial charge in [-0.3, -0.25) is 0 Å². The lowest BCUT2D eigenvalue weighted by Gasteiger charge is -2.08. The van der Waals surface area contributed by atoms with Gasteiger partial charge in [-0.15, -0.1) is 0 Å². The number of methoxy groups -OCH3 is 1. The fourth-order valence-electron chi connectivity index (χ4n) is 1.77. The van der Waals surface area contributed by atoms with Crippen molar-refractivity contribution in [2.24, 2.45) is 0 Å². The van der Waals surface area contributed by atoms with Gasteiger partial charge in [0.1, 0.15) is 5.75 Å². The second kappa shape index (κ2) is 4.67. The fraction of sp³-hybridized carbons (Fsp3) is 0.538. The highest BCUT2D eigenvalue weighted by Crippen LogP contribution is 2.19. The van der Waals surface area contributed by atoms with Crippen LogP contribution in [0.25, 0.3) is 0 Å².